The number of fused-ring (bicyclic) bond motifs is 6. The van der Waals surface area contributed by atoms with Crippen LogP contribution in [-0.2, 0) is 21.1 Å². The first-order valence-corrected chi connectivity index (χ1v) is 21.4. The van der Waals surface area contributed by atoms with Crippen LogP contribution >= 0.6 is 0 Å². The molecule has 0 bridgehead atoms. The molecule has 0 atom stereocenters. The van der Waals surface area contributed by atoms with Crippen molar-refractivity contribution in [1.29, 1.82) is 0 Å². The summed E-state index contributed by atoms with van der Waals surface area (Å²) in [7, 11) is 0. The second-order valence-corrected chi connectivity index (χ2v) is 15.6. The Morgan fingerprint density at radius 2 is 1.21 bits per heavy atom. The van der Waals surface area contributed by atoms with E-state index in [1.807, 2.05) is 103 Å². The Bertz CT molecular complexity index is 4280. The predicted molar refractivity (Wildman–Crippen MR) is 266 cm³/mol. The number of rotatable bonds is 8. The van der Waals surface area contributed by atoms with Crippen LogP contribution in [0.5, 0.6) is 23.0 Å². The third kappa shape index (κ3) is 6.95. The van der Waals surface area contributed by atoms with Crippen molar-refractivity contribution in [1.82, 2.24) is 14.1 Å². The fraction of sp³-hybridized carbons (Fsp3) is 0. The summed E-state index contributed by atoms with van der Waals surface area (Å²) < 4.78 is 106. The fourth-order valence-electron chi connectivity index (χ4n) is 8.93. The molecule has 9 aromatic carbocycles. The summed E-state index contributed by atoms with van der Waals surface area (Å²) in [5.74, 6) is 2.86. The topological polar surface area (TPSA) is 48.3 Å². The number of benzene rings is 9. The number of hydrogen-bond donors (Lipinski definition) is 0. The van der Waals surface area contributed by atoms with Crippen molar-refractivity contribution in [2.24, 2.45) is 0 Å². The molecule has 7 nitrogen and oxygen atoms in total. The van der Waals surface area contributed by atoms with Crippen LogP contribution in [-0.4, -0.2) is 14.1 Å². The van der Waals surface area contributed by atoms with Crippen molar-refractivity contribution in [2.75, 3.05) is 4.90 Å². The van der Waals surface area contributed by atoms with Gasteiger partial charge in [0.25, 0.3) is 6.33 Å². The van der Waals surface area contributed by atoms with Gasteiger partial charge in [0.1, 0.15) is 5.82 Å². The molecule has 1 aliphatic heterocycles. The summed E-state index contributed by atoms with van der Waals surface area (Å²) in [6.45, 7) is 0. The van der Waals surface area contributed by atoms with Crippen molar-refractivity contribution in [3.8, 4) is 62.4 Å². The predicted octanol–water partition coefficient (Wildman–Crippen LogP) is 14.5. The largest absolute Gasteiger partial charge is 0.510 e. The van der Waals surface area contributed by atoms with Gasteiger partial charge in [0.15, 0.2) is 11.5 Å². The minimum atomic E-state index is -0.578. The van der Waals surface area contributed by atoms with Crippen LogP contribution in [0.25, 0.3) is 72.3 Å². The standard InChI is InChI=1S/C60H37N5O2.Pt/c1-3-17-41(18-4-1)47-24-16-25-48(42-19-5-2-6-20-42)60(47)63-40-62(52-27-9-10-28-53(52)63)43-21-15-22-45(37-43)66-46-33-34-50-49-23-7-8-26-51(49)65(56(50)39-46)59-38-44(35-36-61-59)64-54-29-11-13-31-57(54)67-58-32-14-12-30-55(58)64;/h1-36,38H;/q-2;/i1D,2D,3D,4D,5D,6D,17D,18D,19D,20D;. The molecule has 4 heterocycles. The van der Waals surface area contributed by atoms with Gasteiger partial charge < -0.3 is 23.5 Å². The SMILES string of the molecule is [2H]c1c([2H])c([2H])c(-c2cccc(-c3c([2H])c([2H])c([2H])c([2H])c3[2H])c2-[n+]2[c-]n(-c3[c-]c(Oc4[c-]c5c(cc4)c4ccccc4n5-c4cc(N5c6ccccc6Oc6ccccc65)ccn4)ccc3)c3ccccc32)c([2H])c1[2H].[Pt]. The molecule has 0 saturated carbocycles. The van der Waals surface area contributed by atoms with E-state index in [0.29, 0.717) is 34.0 Å². The molecular weight excluding hydrogens is 1020 g/mol. The molecular formula is C60H37N5O2Pt-2. The van der Waals surface area contributed by atoms with E-state index in [1.165, 1.54) is 0 Å². The van der Waals surface area contributed by atoms with Crippen molar-refractivity contribution in [2.45, 2.75) is 0 Å². The molecule has 0 fully saturated rings. The second-order valence-electron chi connectivity index (χ2n) is 15.6. The van der Waals surface area contributed by atoms with Crippen LogP contribution in [0.4, 0.5) is 17.1 Å². The van der Waals surface area contributed by atoms with E-state index < -0.39 is 60.4 Å². The molecule has 0 aliphatic carbocycles. The van der Waals surface area contributed by atoms with Crippen LogP contribution in [0.1, 0.15) is 13.7 Å². The number of pyridine rings is 1. The van der Waals surface area contributed by atoms with Gasteiger partial charge in [0, 0.05) is 50.3 Å². The number of para-hydroxylation sites is 8. The molecule has 13 rings (SSSR count). The van der Waals surface area contributed by atoms with Crippen LogP contribution < -0.4 is 18.9 Å². The third-order valence-corrected chi connectivity index (χ3v) is 11.8. The molecule has 68 heavy (non-hydrogen) atoms. The average Bonchev–Trinajstić information content (AvgIpc) is 4.17. The zero-order valence-electron chi connectivity index (χ0n) is 45.5. The van der Waals surface area contributed by atoms with Gasteiger partial charge in [-0.05, 0) is 69.7 Å². The first-order valence-electron chi connectivity index (χ1n) is 26.4. The molecule has 1 aliphatic rings. The fourth-order valence-corrected chi connectivity index (χ4v) is 8.93. The Morgan fingerprint density at radius 1 is 0.574 bits per heavy atom. The summed E-state index contributed by atoms with van der Waals surface area (Å²) in [4.78, 5) is 7.09. The zero-order valence-corrected chi connectivity index (χ0v) is 37.7. The summed E-state index contributed by atoms with van der Waals surface area (Å²) in [5.41, 5.74) is 6.04. The van der Waals surface area contributed by atoms with Crippen molar-refractivity contribution in [3.63, 3.8) is 0 Å². The van der Waals surface area contributed by atoms with Crippen LogP contribution in [0.2, 0.25) is 0 Å². The second kappa shape index (κ2) is 17.0. The Balaban J connectivity index is 0.00000609. The maximum Gasteiger partial charge on any atom is 0.268 e. The number of aromatic nitrogens is 4. The number of nitrogens with zero attached hydrogens (tertiary/aromatic N) is 5. The van der Waals surface area contributed by atoms with Gasteiger partial charge in [-0.15, -0.1) is 29.7 Å². The van der Waals surface area contributed by atoms with Gasteiger partial charge in [-0.3, -0.25) is 4.57 Å². The minimum absolute atomic E-state index is 0. The Kier molecular flexibility index (Phi) is 7.87. The van der Waals surface area contributed by atoms with Gasteiger partial charge in [0.2, 0.25) is 0 Å². The molecule has 0 unspecified atom stereocenters. The van der Waals surface area contributed by atoms with E-state index in [-0.39, 0.29) is 49.0 Å². The van der Waals surface area contributed by atoms with E-state index in [9.17, 15) is 0 Å². The molecule has 0 saturated heterocycles. The number of imidazole rings is 1. The normalized spacial score (nSPS) is 13.9. The van der Waals surface area contributed by atoms with E-state index >= 15 is 0 Å². The Morgan fingerprint density at radius 3 is 1.94 bits per heavy atom. The van der Waals surface area contributed by atoms with Gasteiger partial charge >= 0.3 is 0 Å². The van der Waals surface area contributed by atoms with Gasteiger partial charge in [-0.25, -0.2) is 4.98 Å². The minimum Gasteiger partial charge on any atom is -0.510 e. The summed E-state index contributed by atoms with van der Waals surface area (Å²) in [5, 5.41) is 1.93. The maximum absolute atomic E-state index is 9.04. The molecule has 8 heteroatoms. The summed E-state index contributed by atoms with van der Waals surface area (Å²) in [6, 6.07) is 50.8. The van der Waals surface area contributed by atoms with Gasteiger partial charge in [-0.2, -0.15) is 18.2 Å². The molecule has 0 N–H and O–H groups in total. The number of ether oxygens (including phenoxy) is 2. The van der Waals surface area contributed by atoms with Crippen molar-refractivity contribution >= 4 is 49.9 Å². The number of anilines is 3. The maximum atomic E-state index is 9.04. The number of hydrogen-bond acceptors (Lipinski definition) is 4. The third-order valence-electron chi connectivity index (χ3n) is 11.8. The van der Waals surface area contributed by atoms with Crippen molar-refractivity contribution in [3.05, 3.63) is 243 Å². The van der Waals surface area contributed by atoms with E-state index in [4.69, 9.17) is 28.2 Å². The van der Waals surface area contributed by atoms with Crippen LogP contribution in [0, 0.1) is 18.5 Å². The van der Waals surface area contributed by atoms with Gasteiger partial charge in [-0.1, -0.05) is 151 Å². The first kappa shape index (κ1) is 31.4. The first-order chi connectivity index (χ1) is 37.4. The molecule has 12 aromatic rings. The molecule has 326 valence electrons. The van der Waals surface area contributed by atoms with Gasteiger partial charge in [0.05, 0.1) is 47.5 Å². The molecule has 0 amide bonds. The quantitative estimate of drug-likeness (QED) is 0.112. The Hall–Kier alpha value is -8.51. The van der Waals surface area contributed by atoms with E-state index in [0.717, 1.165) is 50.4 Å². The Labute approximate surface area is 421 Å². The zero-order chi connectivity index (χ0) is 53.0. The monoisotopic (exact) mass is 1060 g/mol. The van der Waals surface area contributed by atoms with Crippen LogP contribution in [0.3, 0.4) is 0 Å². The summed E-state index contributed by atoms with van der Waals surface area (Å²) in [6.07, 6.45) is 5.20. The van der Waals surface area contributed by atoms with E-state index in [1.54, 1.807) is 57.8 Å². The smallest absolute Gasteiger partial charge is 0.268 e. The molecule has 0 radical (unpaired) electrons. The molecule has 3 aromatic heterocycles. The average molecular weight is 1070 g/mol. The molecule has 0 spiro atoms. The van der Waals surface area contributed by atoms with E-state index in [2.05, 4.69) is 40.1 Å². The van der Waals surface area contributed by atoms with Crippen molar-refractivity contribution < 1.29 is 48.8 Å². The van der Waals surface area contributed by atoms with Crippen LogP contribution in [0.15, 0.2) is 224 Å². The summed E-state index contributed by atoms with van der Waals surface area (Å²) >= 11 is 0.